The van der Waals surface area contributed by atoms with Crippen molar-refractivity contribution < 1.29 is 4.74 Å². The fraction of sp³-hybridized carbons (Fsp3) is 0.615. The van der Waals surface area contributed by atoms with E-state index in [1.807, 2.05) is 30.5 Å². The lowest BCUT2D eigenvalue weighted by Crippen LogP contribution is -2.28. The van der Waals surface area contributed by atoms with Crippen LogP contribution in [0.2, 0.25) is 0 Å². The van der Waals surface area contributed by atoms with E-state index in [2.05, 4.69) is 5.32 Å². The van der Waals surface area contributed by atoms with Crippen molar-refractivity contribution in [3.05, 3.63) is 33.7 Å². The van der Waals surface area contributed by atoms with Crippen LogP contribution in [0.3, 0.4) is 0 Å². The van der Waals surface area contributed by atoms with Gasteiger partial charge in [0.1, 0.15) is 0 Å². The standard InChI is InChI=1S/C13H22N2O2/c1-4-14-10-12-7-6-11(2)15(13(12)16)8-5-9-17-3/h6-7,14H,4-5,8-10H2,1-3H3. The number of rotatable bonds is 7. The number of hydrogen-bond acceptors (Lipinski definition) is 3. The number of aryl methyl sites for hydroxylation is 1. The summed E-state index contributed by atoms with van der Waals surface area (Å²) in [4.78, 5) is 12.2. The molecule has 0 atom stereocenters. The number of hydrogen-bond donors (Lipinski definition) is 1. The van der Waals surface area contributed by atoms with Crippen LogP contribution >= 0.6 is 0 Å². The van der Waals surface area contributed by atoms with Gasteiger partial charge in [0.2, 0.25) is 0 Å². The maximum atomic E-state index is 12.2. The maximum absolute atomic E-state index is 12.2. The summed E-state index contributed by atoms with van der Waals surface area (Å²) in [5.74, 6) is 0. The summed E-state index contributed by atoms with van der Waals surface area (Å²) in [7, 11) is 1.68. The molecule has 0 amide bonds. The molecule has 96 valence electrons. The van der Waals surface area contributed by atoms with Gasteiger partial charge in [-0.05, 0) is 26.0 Å². The Labute approximate surface area is 103 Å². The van der Waals surface area contributed by atoms with Crippen LogP contribution in [0.1, 0.15) is 24.6 Å². The molecular formula is C13H22N2O2. The average Bonchev–Trinajstić information content (AvgIpc) is 2.32. The number of pyridine rings is 1. The molecule has 0 aliphatic carbocycles. The van der Waals surface area contributed by atoms with E-state index in [9.17, 15) is 4.79 Å². The van der Waals surface area contributed by atoms with Crippen molar-refractivity contribution in [3.63, 3.8) is 0 Å². The summed E-state index contributed by atoms with van der Waals surface area (Å²) >= 11 is 0. The number of methoxy groups -OCH3 is 1. The van der Waals surface area contributed by atoms with Crippen molar-refractivity contribution in [2.45, 2.75) is 33.4 Å². The third-order valence-corrected chi connectivity index (χ3v) is 2.77. The van der Waals surface area contributed by atoms with Gasteiger partial charge >= 0.3 is 0 Å². The van der Waals surface area contributed by atoms with Crippen molar-refractivity contribution in [1.82, 2.24) is 9.88 Å². The van der Waals surface area contributed by atoms with Gasteiger partial charge in [-0.2, -0.15) is 0 Å². The van der Waals surface area contributed by atoms with Gasteiger partial charge in [0.25, 0.3) is 5.56 Å². The Morgan fingerprint density at radius 3 is 2.82 bits per heavy atom. The van der Waals surface area contributed by atoms with Crippen LogP contribution in [0, 0.1) is 6.92 Å². The van der Waals surface area contributed by atoms with Crippen molar-refractivity contribution in [3.8, 4) is 0 Å². The summed E-state index contributed by atoms with van der Waals surface area (Å²) in [6.45, 7) is 6.91. The molecule has 1 heterocycles. The van der Waals surface area contributed by atoms with E-state index in [0.29, 0.717) is 13.2 Å². The van der Waals surface area contributed by atoms with Crippen molar-refractivity contribution in [1.29, 1.82) is 0 Å². The molecule has 0 bridgehead atoms. The fourth-order valence-corrected chi connectivity index (χ4v) is 1.76. The van der Waals surface area contributed by atoms with E-state index in [4.69, 9.17) is 4.74 Å². The van der Waals surface area contributed by atoms with E-state index >= 15 is 0 Å². The quantitative estimate of drug-likeness (QED) is 0.728. The molecule has 0 aliphatic rings. The molecule has 0 aliphatic heterocycles. The highest BCUT2D eigenvalue weighted by Gasteiger charge is 2.05. The van der Waals surface area contributed by atoms with E-state index in [1.54, 1.807) is 7.11 Å². The molecule has 0 aromatic carbocycles. The zero-order chi connectivity index (χ0) is 12.7. The fourth-order valence-electron chi connectivity index (χ4n) is 1.76. The molecule has 0 unspecified atom stereocenters. The van der Waals surface area contributed by atoms with Crippen molar-refractivity contribution in [2.75, 3.05) is 20.3 Å². The summed E-state index contributed by atoms with van der Waals surface area (Å²) in [6, 6.07) is 3.91. The molecule has 0 saturated heterocycles. The van der Waals surface area contributed by atoms with Crippen LogP contribution in [0.4, 0.5) is 0 Å². The van der Waals surface area contributed by atoms with Gasteiger partial charge in [-0.1, -0.05) is 13.0 Å². The minimum absolute atomic E-state index is 0.113. The first-order chi connectivity index (χ1) is 8.20. The number of ether oxygens (including phenoxy) is 1. The average molecular weight is 238 g/mol. The Kier molecular flexibility index (Phi) is 5.94. The zero-order valence-corrected chi connectivity index (χ0v) is 11.0. The molecule has 0 radical (unpaired) electrons. The van der Waals surface area contributed by atoms with Gasteiger partial charge in [0.05, 0.1) is 0 Å². The first-order valence-corrected chi connectivity index (χ1v) is 6.09. The second kappa shape index (κ2) is 7.25. The smallest absolute Gasteiger partial charge is 0.255 e. The normalized spacial score (nSPS) is 10.8. The number of nitrogens with zero attached hydrogens (tertiary/aromatic N) is 1. The SMILES string of the molecule is CCNCc1ccc(C)n(CCCOC)c1=O. The topological polar surface area (TPSA) is 43.3 Å². The first kappa shape index (κ1) is 13.9. The Hall–Kier alpha value is -1.13. The Balaban J connectivity index is 2.83. The van der Waals surface area contributed by atoms with Gasteiger partial charge in [0.15, 0.2) is 0 Å². The minimum atomic E-state index is 0.113. The lowest BCUT2D eigenvalue weighted by molar-refractivity contribution is 0.189. The molecule has 1 aromatic heterocycles. The predicted octanol–water partition coefficient (Wildman–Crippen LogP) is 1.30. The van der Waals surface area contributed by atoms with E-state index in [1.165, 1.54) is 0 Å². The lowest BCUT2D eigenvalue weighted by Gasteiger charge is -2.12. The number of nitrogens with one attached hydrogen (secondary N) is 1. The van der Waals surface area contributed by atoms with Gasteiger partial charge in [-0.25, -0.2) is 0 Å². The second-order valence-corrected chi connectivity index (χ2v) is 4.08. The van der Waals surface area contributed by atoms with Crippen molar-refractivity contribution >= 4 is 0 Å². The molecule has 1 aromatic rings. The van der Waals surface area contributed by atoms with Gasteiger partial charge in [-0.3, -0.25) is 4.79 Å². The molecule has 4 nitrogen and oxygen atoms in total. The Morgan fingerprint density at radius 1 is 1.41 bits per heavy atom. The van der Waals surface area contributed by atoms with Crippen molar-refractivity contribution in [2.24, 2.45) is 0 Å². The summed E-state index contributed by atoms with van der Waals surface area (Å²) < 4.78 is 6.84. The van der Waals surface area contributed by atoms with Crippen LogP contribution in [0.5, 0.6) is 0 Å². The Morgan fingerprint density at radius 2 is 2.18 bits per heavy atom. The highest BCUT2D eigenvalue weighted by molar-refractivity contribution is 5.15. The van der Waals surface area contributed by atoms with E-state index < -0.39 is 0 Å². The molecular weight excluding hydrogens is 216 g/mol. The highest BCUT2D eigenvalue weighted by Crippen LogP contribution is 2.00. The zero-order valence-electron chi connectivity index (χ0n) is 11.0. The number of aromatic nitrogens is 1. The van der Waals surface area contributed by atoms with Gasteiger partial charge in [0, 0.05) is 38.1 Å². The first-order valence-electron chi connectivity index (χ1n) is 6.09. The molecule has 0 spiro atoms. The Bertz CT molecular complexity index is 399. The molecule has 1 rings (SSSR count). The van der Waals surface area contributed by atoms with Gasteiger partial charge in [-0.15, -0.1) is 0 Å². The maximum Gasteiger partial charge on any atom is 0.255 e. The monoisotopic (exact) mass is 238 g/mol. The van der Waals surface area contributed by atoms with Gasteiger partial charge < -0.3 is 14.6 Å². The lowest BCUT2D eigenvalue weighted by atomic mass is 10.2. The van der Waals surface area contributed by atoms with Crippen LogP contribution in [0.25, 0.3) is 0 Å². The minimum Gasteiger partial charge on any atom is -0.385 e. The molecule has 0 fully saturated rings. The largest absolute Gasteiger partial charge is 0.385 e. The third kappa shape index (κ3) is 3.98. The van der Waals surface area contributed by atoms with Crippen LogP contribution in [0.15, 0.2) is 16.9 Å². The van der Waals surface area contributed by atoms with E-state index in [-0.39, 0.29) is 5.56 Å². The van der Waals surface area contributed by atoms with Crippen LogP contribution in [-0.4, -0.2) is 24.8 Å². The third-order valence-electron chi connectivity index (χ3n) is 2.77. The molecule has 1 N–H and O–H groups in total. The summed E-state index contributed by atoms with van der Waals surface area (Å²) in [5, 5.41) is 3.18. The molecule has 17 heavy (non-hydrogen) atoms. The predicted molar refractivity (Wildman–Crippen MR) is 69.3 cm³/mol. The molecule has 0 saturated carbocycles. The second-order valence-electron chi connectivity index (χ2n) is 4.08. The summed E-state index contributed by atoms with van der Waals surface area (Å²) in [5.41, 5.74) is 1.95. The summed E-state index contributed by atoms with van der Waals surface area (Å²) in [6.07, 6.45) is 0.863. The highest BCUT2D eigenvalue weighted by atomic mass is 16.5. The molecule has 4 heteroatoms. The van der Waals surface area contributed by atoms with Crippen LogP contribution in [-0.2, 0) is 17.8 Å². The van der Waals surface area contributed by atoms with E-state index in [0.717, 1.165) is 30.8 Å². The van der Waals surface area contributed by atoms with Crippen LogP contribution < -0.4 is 10.9 Å².